The maximum absolute atomic E-state index is 3.94. The molecular formula is C16H31N3. The summed E-state index contributed by atoms with van der Waals surface area (Å²) in [6, 6.07) is 0.840. The lowest BCUT2D eigenvalue weighted by Gasteiger charge is -2.44. The first kappa shape index (κ1) is 13.8. The minimum atomic E-state index is 0.309. The fourth-order valence-corrected chi connectivity index (χ4v) is 3.52. The number of rotatable bonds is 6. The molecule has 110 valence electrons. The van der Waals surface area contributed by atoms with E-state index < -0.39 is 0 Å². The van der Waals surface area contributed by atoms with Gasteiger partial charge in [0.25, 0.3) is 0 Å². The molecule has 0 aromatic carbocycles. The Morgan fingerprint density at radius 2 is 1.53 bits per heavy atom. The third kappa shape index (κ3) is 3.50. The molecule has 0 spiro atoms. The standard InChI is InChI=1S/C16H31N3/c1-16(2,19-10-8-18(3)9-11-19)12-17-15(13-4-5-13)14-6-7-14/h13-15,17H,4-12H2,1-3H3. The fraction of sp³-hybridized carbons (Fsp3) is 1.00. The molecule has 3 fully saturated rings. The summed E-state index contributed by atoms with van der Waals surface area (Å²) in [6.45, 7) is 10.9. The predicted molar refractivity (Wildman–Crippen MR) is 80.4 cm³/mol. The molecule has 0 aromatic rings. The van der Waals surface area contributed by atoms with Crippen molar-refractivity contribution in [1.82, 2.24) is 15.1 Å². The molecule has 0 bridgehead atoms. The summed E-state index contributed by atoms with van der Waals surface area (Å²) in [6.07, 6.45) is 5.90. The highest BCUT2D eigenvalue weighted by atomic mass is 15.3. The molecule has 1 N–H and O–H groups in total. The molecule has 2 saturated carbocycles. The second-order valence-corrected chi connectivity index (χ2v) is 7.68. The Balaban J connectivity index is 1.49. The summed E-state index contributed by atoms with van der Waals surface area (Å²) in [4.78, 5) is 5.12. The Labute approximate surface area is 118 Å². The smallest absolute Gasteiger partial charge is 0.0278 e. The first-order chi connectivity index (χ1) is 9.06. The van der Waals surface area contributed by atoms with Crippen LogP contribution in [0.2, 0.25) is 0 Å². The third-order valence-corrected chi connectivity index (χ3v) is 5.39. The average Bonchev–Trinajstić information content (AvgIpc) is 3.24. The lowest BCUT2D eigenvalue weighted by molar-refractivity contribution is 0.0590. The Kier molecular flexibility index (Phi) is 3.89. The quantitative estimate of drug-likeness (QED) is 0.790. The largest absolute Gasteiger partial charge is 0.312 e. The van der Waals surface area contributed by atoms with Crippen LogP contribution < -0.4 is 5.32 Å². The van der Waals surface area contributed by atoms with Crippen molar-refractivity contribution in [3.05, 3.63) is 0 Å². The highest BCUT2D eigenvalue weighted by Crippen LogP contribution is 2.44. The van der Waals surface area contributed by atoms with Crippen molar-refractivity contribution in [2.45, 2.75) is 51.1 Å². The summed E-state index contributed by atoms with van der Waals surface area (Å²) in [5.74, 6) is 2.02. The number of hydrogen-bond donors (Lipinski definition) is 1. The molecule has 0 radical (unpaired) electrons. The predicted octanol–water partition coefficient (Wildman–Crippen LogP) is 1.79. The molecule has 2 aliphatic carbocycles. The first-order valence-electron chi connectivity index (χ1n) is 8.23. The number of likely N-dealkylation sites (N-methyl/N-ethyl adjacent to an activating group) is 1. The van der Waals surface area contributed by atoms with Crippen molar-refractivity contribution in [3.63, 3.8) is 0 Å². The van der Waals surface area contributed by atoms with Gasteiger partial charge in [0.2, 0.25) is 0 Å². The molecule has 0 amide bonds. The van der Waals surface area contributed by atoms with E-state index in [2.05, 4.69) is 36.0 Å². The van der Waals surface area contributed by atoms with Gasteiger partial charge in [-0.2, -0.15) is 0 Å². The zero-order chi connectivity index (χ0) is 13.5. The van der Waals surface area contributed by atoms with E-state index in [0.717, 1.165) is 24.4 Å². The van der Waals surface area contributed by atoms with Gasteiger partial charge in [0, 0.05) is 44.3 Å². The van der Waals surface area contributed by atoms with Crippen molar-refractivity contribution < 1.29 is 0 Å². The monoisotopic (exact) mass is 265 g/mol. The van der Waals surface area contributed by atoms with Crippen molar-refractivity contribution >= 4 is 0 Å². The molecule has 19 heavy (non-hydrogen) atoms. The number of hydrogen-bond acceptors (Lipinski definition) is 3. The maximum Gasteiger partial charge on any atom is 0.0278 e. The van der Waals surface area contributed by atoms with Gasteiger partial charge in [-0.1, -0.05) is 0 Å². The van der Waals surface area contributed by atoms with Gasteiger partial charge in [0.15, 0.2) is 0 Å². The third-order valence-electron chi connectivity index (χ3n) is 5.39. The second kappa shape index (κ2) is 5.34. The van der Waals surface area contributed by atoms with E-state index in [1.54, 1.807) is 0 Å². The molecule has 1 heterocycles. The molecule has 3 rings (SSSR count). The normalized spacial score (nSPS) is 27.2. The van der Waals surface area contributed by atoms with Crippen LogP contribution in [-0.2, 0) is 0 Å². The van der Waals surface area contributed by atoms with Crippen LogP contribution in [0.4, 0.5) is 0 Å². The van der Waals surface area contributed by atoms with E-state index in [1.807, 2.05) is 0 Å². The summed E-state index contributed by atoms with van der Waals surface area (Å²) < 4.78 is 0. The Morgan fingerprint density at radius 3 is 2.00 bits per heavy atom. The van der Waals surface area contributed by atoms with Crippen molar-refractivity contribution in [1.29, 1.82) is 0 Å². The molecule has 0 aromatic heterocycles. The average molecular weight is 265 g/mol. The zero-order valence-electron chi connectivity index (χ0n) is 13.0. The SMILES string of the molecule is CN1CCN(C(C)(C)CNC(C2CC2)C2CC2)CC1. The van der Waals surface area contributed by atoms with E-state index in [4.69, 9.17) is 0 Å². The van der Waals surface area contributed by atoms with E-state index in [-0.39, 0.29) is 0 Å². The second-order valence-electron chi connectivity index (χ2n) is 7.68. The first-order valence-corrected chi connectivity index (χ1v) is 8.23. The summed E-state index contributed by atoms with van der Waals surface area (Å²) in [7, 11) is 2.23. The van der Waals surface area contributed by atoms with Crippen LogP contribution >= 0.6 is 0 Å². The van der Waals surface area contributed by atoms with E-state index >= 15 is 0 Å². The van der Waals surface area contributed by atoms with Crippen molar-refractivity contribution in [2.24, 2.45) is 11.8 Å². The van der Waals surface area contributed by atoms with Crippen LogP contribution in [0.3, 0.4) is 0 Å². The van der Waals surface area contributed by atoms with Gasteiger partial charge in [-0.15, -0.1) is 0 Å². The number of nitrogens with one attached hydrogen (secondary N) is 1. The molecule has 3 nitrogen and oxygen atoms in total. The molecule has 1 saturated heterocycles. The molecule has 3 aliphatic rings. The Morgan fingerprint density at radius 1 is 1.00 bits per heavy atom. The highest BCUT2D eigenvalue weighted by Gasteiger charge is 2.42. The summed E-state index contributed by atoms with van der Waals surface area (Å²) in [5, 5.41) is 3.94. The lowest BCUT2D eigenvalue weighted by atomic mass is 9.99. The van der Waals surface area contributed by atoms with E-state index in [9.17, 15) is 0 Å². The highest BCUT2D eigenvalue weighted by molar-refractivity contribution is 4.98. The molecule has 1 aliphatic heterocycles. The van der Waals surface area contributed by atoms with E-state index in [0.29, 0.717) is 5.54 Å². The maximum atomic E-state index is 3.94. The van der Waals surface area contributed by atoms with Crippen LogP contribution in [0, 0.1) is 11.8 Å². The molecule has 0 unspecified atom stereocenters. The van der Waals surface area contributed by atoms with Gasteiger partial charge in [0.05, 0.1) is 0 Å². The Bertz CT molecular complexity index is 287. The van der Waals surface area contributed by atoms with Gasteiger partial charge in [-0.25, -0.2) is 0 Å². The van der Waals surface area contributed by atoms with E-state index in [1.165, 1.54) is 51.9 Å². The van der Waals surface area contributed by atoms with Crippen molar-refractivity contribution in [2.75, 3.05) is 39.8 Å². The topological polar surface area (TPSA) is 18.5 Å². The van der Waals surface area contributed by atoms with Crippen LogP contribution in [0.15, 0.2) is 0 Å². The zero-order valence-corrected chi connectivity index (χ0v) is 13.0. The summed E-state index contributed by atoms with van der Waals surface area (Å²) in [5.41, 5.74) is 0.309. The van der Waals surface area contributed by atoms with Crippen LogP contribution in [0.25, 0.3) is 0 Å². The lowest BCUT2D eigenvalue weighted by Crippen LogP contribution is -2.58. The molecule has 3 heteroatoms. The van der Waals surface area contributed by atoms with Gasteiger partial charge in [-0.3, -0.25) is 4.90 Å². The minimum Gasteiger partial charge on any atom is -0.312 e. The van der Waals surface area contributed by atoms with Gasteiger partial charge in [0.1, 0.15) is 0 Å². The van der Waals surface area contributed by atoms with Gasteiger partial charge >= 0.3 is 0 Å². The molecular weight excluding hydrogens is 234 g/mol. The number of piperazine rings is 1. The van der Waals surface area contributed by atoms with Crippen LogP contribution in [-0.4, -0.2) is 61.2 Å². The van der Waals surface area contributed by atoms with Crippen molar-refractivity contribution in [3.8, 4) is 0 Å². The van der Waals surface area contributed by atoms with Gasteiger partial charge in [-0.05, 0) is 58.4 Å². The van der Waals surface area contributed by atoms with Gasteiger partial charge < -0.3 is 10.2 Å². The Hall–Kier alpha value is -0.120. The number of nitrogens with zero attached hydrogens (tertiary/aromatic N) is 2. The summed E-state index contributed by atoms with van der Waals surface area (Å²) >= 11 is 0. The van der Waals surface area contributed by atoms with Crippen LogP contribution in [0.5, 0.6) is 0 Å². The fourth-order valence-electron chi connectivity index (χ4n) is 3.52. The minimum absolute atomic E-state index is 0.309. The van der Waals surface area contributed by atoms with Crippen LogP contribution in [0.1, 0.15) is 39.5 Å². The molecule has 0 atom stereocenters.